The molecule has 0 spiro atoms. The molecule has 4 nitrogen and oxygen atoms in total. The summed E-state index contributed by atoms with van der Waals surface area (Å²) in [6.07, 6.45) is 2.15. The maximum absolute atomic E-state index is 4.37. The molecule has 2 aliphatic heterocycles. The molecule has 2 saturated heterocycles. The van der Waals surface area contributed by atoms with E-state index in [9.17, 15) is 0 Å². The third-order valence-corrected chi connectivity index (χ3v) is 15.9. The van der Waals surface area contributed by atoms with Crippen molar-refractivity contribution >= 4 is 36.0 Å². The second-order valence-corrected chi connectivity index (χ2v) is 23.0. The highest BCUT2D eigenvalue weighted by Gasteiger charge is 2.55. The van der Waals surface area contributed by atoms with Gasteiger partial charge in [-0.2, -0.15) is 0 Å². The van der Waals surface area contributed by atoms with Gasteiger partial charge in [-0.3, -0.25) is 10.7 Å². The Balaban J connectivity index is 1.66. The molecule has 2 heterocycles. The van der Waals surface area contributed by atoms with Crippen LogP contribution in [0.1, 0.15) is 200 Å². The predicted molar refractivity (Wildman–Crippen MR) is 284 cm³/mol. The van der Waals surface area contributed by atoms with Gasteiger partial charge in [-0.05, 0) is 176 Å². The number of nitrogens with zero attached hydrogens (tertiary/aromatic N) is 2. The van der Waals surface area contributed by atoms with Gasteiger partial charge in [-0.25, -0.2) is 0 Å². The van der Waals surface area contributed by atoms with E-state index in [2.05, 4.69) is 221 Å². The number of hydrogen-bond acceptors (Lipinski definition) is 4. The van der Waals surface area contributed by atoms with E-state index in [0.717, 1.165) is 12.8 Å². The lowest BCUT2D eigenvalue weighted by Crippen LogP contribution is -2.69. The molecule has 2 fully saturated rings. The molecular weight excluding hydrogens is 774 g/mol. The Morgan fingerprint density at radius 1 is 0.469 bits per heavy atom. The smallest absolute Gasteiger partial charge is 0.297 e. The van der Waals surface area contributed by atoms with Crippen molar-refractivity contribution in [2.75, 3.05) is 9.80 Å². The minimum absolute atomic E-state index is 0.0995. The SMILES string of the molecule is Cc1cc(C)c(C)c(B(NNB([C]2C(C)CC(C)(C)N2c2c(C(C)C)cccc2C(C)C)c2c(C)c(C)cc(C)c2C)[C]2C(C)CC(C)(C)N2c2c(C(C)C)cccc2C(C)C)c1C. The quantitative estimate of drug-likeness (QED) is 0.104. The zero-order chi connectivity index (χ0) is 47.7. The van der Waals surface area contributed by atoms with Gasteiger partial charge in [0.15, 0.2) is 0 Å². The zero-order valence-electron chi connectivity index (χ0n) is 44.5. The topological polar surface area (TPSA) is 30.5 Å². The molecule has 64 heavy (non-hydrogen) atoms. The first-order chi connectivity index (χ1) is 29.7. The normalized spacial score (nSPS) is 19.1. The van der Waals surface area contributed by atoms with Crippen molar-refractivity contribution in [2.24, 2.45) is 11.8 Å². The average molecular weight is 861 g/mol. The van der Waals surface area contributed by atoms with E-state index in [1.54, 1.807) is 0 Å². The number of anilines is 2. The first-order valence-corrected chi connectivity index (χ1v) is 25.0. The maximum atomic E-state index is 4.37. The van der Waals surface area contributed by atoms with Crippen LogP contribution in [0, 0.1) is 79.1 Å². The lowest BCUT2D eigenvalue weighted by atomic mass is 9.43. The molecule has 2 radical (unpaired) electrons. The fourth-order valence-electron chi connectivity index (χ4n) is 12.4. The van der Waals surface area contributed by atoms with Crippen molar-refractivity contribution in [3.63, 3.8) is 0 Å². The zero-order valence-corrected chi connectivity index (χ0v) is 44.5. The first-order valence-electron chi connectivity index (χ1n) is 25.0. The monoisotopic (exact) mass is 861 g/mol. The number of rotatable bonds is 13. The van der Waals surface area contributed by atoms with Crippen LogP contribution in [0.25, 0.3) is 0 Å². The molecule has 344 valence electrons. The molecule has 4 aromatic carbocycles. The van der Waals surface area contributed by atoms with Gasteiger partial charge in [0, 0.05) is 22.5 Å². The highest BCUT2D eigenvalue weighted by atomic mass is 15.3. The highest BCUT2D eigenvalue weighted by molar-refractivity contribution is 6.81. The molecule has 2 atom stereocenters. The Morgan fingerprint density at radius 2 is 0.719 bits per heavy atom. The number of hydrogen-bond donors (Lipinski definition) is 2. The van der Waals surface area contributed by atoms with Crippen molar-refractivity contribution in [1.82, 2.24) is 10.7 Å². The van der Waals surface area contributed by atoms with Gasteiger partial charge in [-0.15, -0.1) is 0 Å². The van der Waals surface area contributed by atoms with Crippen LogP contribution in [-0.4, -0.2) is 24.8 Å². The standard InChI is InChI=1S/C58H86B2N4/c1-33(2)47-25-23-26-48(34(3)4)53(47)63-55(41(13)31-57(63,19)20)59(51-43(15)37(9)29-38(10)44(51)16)61-62-60(52-45(17)39(11)30-40(12)46(52)18)56-42(14)32-58(21,22)64(56)54-49(35(5)6)27-24-28-50(54)36(7)8/h23-30,33-36,41-42,61-62H,31-32H2,1-22H3. The minimum Gasteiger partial charge on any atom is -0.363 e. The van der Waals surface area contributed by atoms with Crippen molar-refractivity contribution < 1.29 is 0 Å². The largest absolute Gasteiger partial charge is 0.363 e. The second kappa shape index (κ2) is 18.7. The fraction of sp³-hybridized carbons (Fsp3) is 0.552. The van der Waals surface area contributed by atoms with Crippen LogP contribution in [0.3, 0.4) is 0 Å². The van der Waals surface area contributed by atoms with Gasteiger partial charge >= 0.3 is 0 Å². The third-order valence-electron chi connectivity index (χ3n) is 15.9. The van der Waals surface area contributed by atoms with Crippen LogP contribution in [-0.2, 0) is 0 Å². The molecule has 0 aromatic heterocycles. The average Bonchev–Trinajstić information content (AvgIpc) is 3.59. The summed E-state index contributed by atoms with van der Waals surface area (Å²) >= 11 is 0. The molecule has 2 unspecified atom stereocenters. The van der Waals surface area contributed by atoms with Crippen LogP contribution in [0.15, 0.2) is 48.5 Å². The Bertz CT molecular complexity index is 2070. The van der Waals surface area contributed by atoms with E-state index in [1.807, 2.05) is 0 Å². The summed E-state index contributed by atoms with van der Waals surface area (Å²) in [6, 6.07) is 19.0. The van der Waals surface area contributed by atoms with Crippen LogP contribution in [0.2, 0.25) is 0 Å². The second-order valence-electron chi connectivity index (χ2n) is 23.0. The molecule has 0 aliphatic carbocycles. The van der Waals surface area contributed by atoms with Crippen LogP contribution in [0.4, 0.5) is 11.4 Å². The molecule has 2 aliphatic rings. The summed E-state index contributed by atoms with van der Waals surface area (Å²) in [6.45, 7) is 52.5. The van der Waals surface area contributed by atoms with Gasteiger partial charge in [0.05, 0.1) is 11.9 Å². The van der Waals surface area contributed by atoms with E-state index in [1.165, 1.54) is 101 Å². The summed E-state index contributed by atoms with van der Waals surface area (Å²) in [7, 11) is 0. The van der Waals surface area contributed by atoms with Crippen molar-refractivity contribution in [1.29, 1.82) is 0 Å². The van der Waals surface area contributed by atoms with Gasteiger partial charge in [0.1, 0.15) is 0 Å². The number of nitrogens with one attached hydrogen (secondary N) is 2. The third kappa shape index (κ3) is 8.90. The highest BCUT2D eigenvalue weighted by Crippen LogP contribution is 2.52. The Kier molecular flexibility index (Phi) is 14.6. The Hall–Kier alpha value is -3.47. The summed E-state index contributed by atoms with van der Waals surface area (Å²) in [5.74, 6) is 5.12. The molecule has 4 aromatic rings. The number of para-hydroxylation sites is 2. The molecule has 0 saturated carbocycles. The van der Waals surface area contributed by atoms with E-state index < -0.39 is 0 Å². The van der Waals surface area contributed by atoms with Crippen LogP contribution in [0.5, 0.6) is 0 Å². The van der Waals surface area contributed by atoms with E-state index in [4.69, 9.17) is 0 Å². The molecule has 0 amide bonds. The van der Waals surface area contributed by atoms with Gasteiger partial charge in [0.25, 0.3) is 13.7 Å². The molecule has 6 heteroatoms. The molecule has 6 rings (SSSR count). The summed E-state index contributed by atoms with van der Waals surface area (Å²) < 4.78 is 0. The number of hydrazine groups is 1. The Morgan fingerprint density at radius 3 is 0.953 bits per heavy atom. The molecule has 2 N–H and O–H groups in total. The van der Waals surface area contributed by atoms with Crippen molar-refractivity contribution in [2.45, 2.75) is 200 Å². The molecule has 0 bridgehead atoms. The molecular formula is C58H86B2N4. The summed E-state index contributed by atoms with van der Waals surface area (Å²) in [5, 5.41) is 8.73. The number of aryl methyl sites for hydroxylation is 4. The van der Waals surface area contributed by atoms with E-state index in [0.29, 0.717) is 35.5 Å². The van der Waals surface area contributed by atoms with E-state index in [-0.39, 0.29) is 24.8 Å². The van der Waals surface area contributed by atoms with Gasteiger partial charge < -0.3 is 9.80 Å². The van der Waals surface area contributed by atoms with E-state index >= 15 is 0 Å². The number of benzene rings is 4. The summed E-state index contributed by atoms with van der Waals surface area (Å²) in [5.41, 5.74) is 22.1. The minimum atomic E-state index is -0.104. The van der Waals surface area contributed by atoms with Crippen molar-refractivity contribution in [3.8, 4) is 0 Å². The van der Waals surface area contributed by atoms with Crippen LogP contribution >= 0.6 is 0 Å². The Labute approximate surface area is 393 Å². The summed E-state index contributed by atoms with van der Waals surface area (Å²) in [4.78, 5) is 5.66. The lowest BCUT2D eigenvalue weighted by molar-refractivity contribution is 0.486. The van der Waals surface area contributed by atoms with Crippen LogP contribution < -0.4 is 31.4 Å². The lowest BCUT2D eigenvalue weighted by Gasteiger charge is -2.45. The van der Waals surface area contributed by atoms with Gasteiger partial charge in [0.2, 0.25) is 0 Å². The van der Waals surface area contributed by atoms with Gasteiger partial charge in [-0.1, -0.05) is 151 Å². The predicted octanol–water partition coefficient (Wildman–Crippen LogP) is 13.6. The maximum Gasteiger partial charge on any atom is 0.297 e. The first kappa shape index (κ1) is 50.0. The van der Waals surface area contributed by atoms with Crippen molar-refractivity contribution in [3.05, 3.63) is 127 Å². The fourth-order valence-corrected chi connectivity index (χ4v) is 12.4.